The van der Waals surface area contributed by atoms with Gasteiger partial charge in [0.15, 0.2) is 0 Å². The zero-order valence-corrected chi connectivity index (χ0v) is 14.7. The molecule has 2 aromatic carbocycles. The number of aromatic nitrogens is 2. The zero-order valence-electron chi connectivity index (χ0n) is 14.0. The van der Waals surface area contributed by atoms with Gasteiger partial charge in [0.25, 0.3) is 0 Å². The lowest BCUT2D eigenvalue weighted by Crippen LogP contribution is -2.29. The fourth-order valence-corrected chi connectivity index (χ4v) is 3.46. The molecule has 1 aliphatic rings. The zero-order chi connectivity index (χ0) is 16.9. The van der Waals surface area contributed by atoms with Gasteiger partial charge in [0.1, 0.15) is 5.69 Å². The maximum atomic E-state index is 6.19. The number of benzene rings is 2. The van der Waals surface area contributed by atoms with E-state index in [-0.39, 0.29) is 5.54 Å². The minimum atomic E-state index is -0.184. The van der Waals surface area contributed by atoms with E-state index >= 15 is 0 Å². The smallest absolute Gasteiger partial charge is 0.112 e. The molecule has 0 aliphatic carbocycles. The second kappa shape index (κ2) is 5.38. The summed E-state index contributed by atoms with van der Waals surface area (Å²) in [6.07, 6.45) is 0.868. The van der Waals surface area contributed by atoms with E-state index in [1.165, 1.54) is 11.1 Å². The van der Waals surface area contributed by atoms with Crippen molar-refractivity contribution in [2.45, 2.75) is 32.7 Å². The van der Waals surface area contributed by atoms with Crippen LogP contribution >= 0.6 is 11.6 Å². The molecular formula is C20H18ClN3. The van der Waals surface area contributed by atoms with Gasteiger partial charge in [0, 0.05) is 16.0 Å². The Morgan fingerprint density at radius 2 is 1.83 bits per heavy atom. The van der Waals surface area contributed by atoms with Crippen molar-refractivity contribution in [2.75, 3.05) is 0 Å². The highest BCUT2D eigenvalue weighted by Crippen LogP contribution is 2.31. The average molecular weight is 336 g/mol. The predicted octanol–water partition coefficient (Wildman–Crippen LogP) is 4.76. The number of hydrogen-bond donors (Lipinski definition) is 0. The summed E-state index contributed by atoms with van der Waals surface area (Å²) in [4.78, 5) is 4.95. The van der Waals surface area contributed by atoms with Crippen molar-refractivity contribution in [1.82, 2.24) is 10.2 Å². The Bertz CT molecular complexity index is 989. The highest BCUT2D eigenvalue weighted by Gasteiger charge is 2.28. The summed E-state index contributed by atoms with van der Waals surface area (Å²) in [6, 6.07) is 14.3. The Labute approximate surface area is 146 Å². The van der Waals surface area contributed by atoms with Crippen LogP contribution in [0.2, 0.25) is 5.02 Å². The van der Waals surface area contributed by atoms with E-state index in [0.717, 1.165) is 39.3 Å². The highest BCUT2D eigenvalue weighted by molar-refractivity contribution is 6.31. The van der Waals surface area contributed by atoms with Crippen molar-refractivity contribution in [1.29, 1.82) is 0 Å². The highest BCUT2D eigenvalue weighted by atomic mass is 35.5. The van der Waals surface area contributed by atoms with Crippen LogP contribution in [0.25, 0.3) is 10.9 Å². The van der Waals surface area contributed by atoms with Gasteiger partial charge in [-0.2, -0.15) is 0 Å². The lowest BCUT2D eigenvalue weighted by atomic mass is 9.86. The number of aryl methyl sites for hydroxylation is 1. The van der Waals surface area contributed by atoms with E-state index in [2.05, 4.69) is 49.2 Å². The minimum absolute atomic E-state index is 0.184. The number of fused-ring (bicyclic) bond motifs is 2. The first-order valence-corrected chi connectivity index (χ1v) is 8.42. The van der Waals surface area contributed by atoms with Crippen LogP contribution < -0.4 is 0 Å². The van der Waals surface area contributed by atoms with E-state index < -0.39 is 0 Å². The number of halogens is 1. The maximum absolute atomic E-state index is 6.19. The summed E-state index contributed by atoms with van der Waals surface area (Å²) in [5.41, 5.74) is 5.92. The van der Waals surface area contributed by atoms with Crippen molar-refractivity contribution < 1.29 is 0 Å². The molecule has 0 N–H and O–H groups in total. The molecule has 0 spiro atoms. The van der Waals surface area contributed by atoms with Crippen LogP contribution in [0.3, 0.4) is 0 Å². The molecule has 3 nitrogen and oxygen atoms in total. The van der Waals surface area contributed by atoms with Gasteiger partial charge in [0.05, 0.1) is 16.8 Å². The summed E-state index contributed by atoms with van der Waals surface area (Å²) in [7, 11) is 0. The minimum Gasteiger partial charge on any atom is -0.276 e. The van der Waals surface area contributed by atoms with E-state index in [1.54, 1.807) is 0 Å². The lowest BCUT2D eigenvalue weighted by molar-refractivity contribution is 0.513. The standard InChI is InChI=1S/C20H18ClN3/c1-12-4-5-13-10-18(24-23-17(13)8-12)19-16-7-6-15(21)9-14(16)11-20(2,3)22-19/h4-10H,11H2,1-3H3. The molecular weight excluding hydrogens is 318 g/mol. The van der Waals surface area contributed by atoms with E-state index in [9.17, 15) is 0 Å². The number of hydrogen-bond acceptors (Lipinski definition) is 3. The Morgan fingerprint density at radius 1 is 1.00 bits per heavy atom. The van der Waals surface area contributed by atoms with Gasteiger partial charge in [-0.05, 0) is 62.6 Å². The Hall–Kier alpha value is -2.26. The third-order valence-electron chi connectivity index (χ3n) is 4.35. The van der Waals surface area contributed by atoms with Crippen molar-refractivity contribution in [3.8, 4) is 0 Å². The Kier molecular flexibility index (Phi) is 3.43. The normalized spacial score (nSPS) is 15.9. The predicted molar refractivity (Wildman–Crippen MR) is 99.1 cm³/mol. The first-order chi connectivity index (χ1) is 11.4. The van der Waals surface area contributed by atoms with E-state index in [4.69, 9.17) is 16.6 Å². The molecule has 0 unspecified atom stereocenters. The number of aliphatic imine (C=N–C) groups is 1. The summed E-state index contributed by atoms with van der Waals surface area (Å²) in [5, 5.41) is 10.7. The van der Waals surface area contributed by atoms with Gasteiger partial charge >= 0.3 is 0 Å². The molecule has 24 heavy (non-hydrogen) atoms. The molecule has 4 rings (SSSR count). The SMILES string of the molecule is Cc1ccc2cc(C3=NC(C)(C)Cc4cc(Cl)ccc43)nnc2c1. The monoisotopic (exact) mass is 335 g/mol. The summed E-state index contributed by atoms with van der Waals surface area (Å²) in [5.74, 6) is 0. The molecule has 0 fully saturated rings. The van der Waals surface area contributed by atoms with Gasteiger partial charge in [-0.15, -0.1) is 10.2 Å². The summed E-state index contributed by atoms with van der Waals surface area (Å²) in [6.45, 7) is 6.33. The lowest BCUT2D eigenvalue weighted by Gasteiger charge is -2.28. The topological polar surface area (TPSA) is 38.1 Å². The summed E-state index contributed by atoms with van der Waals surface area (Å²) < 4.78 is 0. The molecule has 0 saturated heterocycles. The fraction of sp³-hybridized carbons (Fsp3) is 0.250. The molecule has 0 radical (unpaired) electrons. The van der Waals surface area contributed by atoms with Gasteiger partial charge in [-0.25, -0.2) is 0 Å². The van der Waals surface area contributed by atoms with Gasteiger partial charge in [0.2, 0.25) is 0 Å². The number of nitrogens with zero attached hydrogens (tertiary/aromatic N) is 3. The molecule has 1 aromatic heterocycles. The molecule has 0 atom stereocenters. The fourth-order valence-electron chi connectivity index (χ4n) is 3.27. The third-order valence-corrected chi connectivity index (χ3v) is 4.58. The number of rotatable bonds is 1. The summed E-state index contributed by atoms with van der Waals surface area (Å²) >= 11 is 6.19. The largest absolute Gasteiger partial charge is 0.276 e. The van der Waals surface area contributed by atoms with Crippen molar-refractivity contribution in [3.63, 3.8) is 0 Å². The Balaban J connectivity index is 1.91. The van der Waals surface area contributed by atoms with Crippen LogP contribution in [0.15, 0.2) is 47.5 Å². The van der Waals surface area contributed by atoms with Gasteiger partial charge in [-0.3, -0.25) is 4.99 Å². The van der Waals surface area contributed by atoms with Gasteiger partial charge in [-0.1, -0.05) is 29.8 Å². The van der Waals surface area contributed by atoms with Crippen LogP contribution in [0.4, 0.5) is 0 Å². The van der Waals surface area contributed by atoms with Crippen LogP contribution in [0.5, 0.6) is 0 Å². The van der Waals surface area contributed by atoms with Crippen LogP contribution in [0.1, 0.15) is 36.2 Å². The quantitative estimate of drug-likeness (QED) is 0.642. The molecule has 120 valence electrons. The second-order valence-electron chi connectivity index (χ2n) is 7.04. The van der Waals surface area contributed by atoms with Crippen molar-refractivity contribution in [2.24, 2.45) is 4.99 Å². The van der Waals surface area contributed by atoms with E-state index in [1.807, 2.05) is 24.3 Å². The molecule has 2 heterocycles. The second-order valence-corrected chi connectivity index (χ2v) is 7.48. The Morgan fingerprint density at radius 3 is 2.67 bits per heavy atom. The first kappa shape index (κ1) is 15.3. The molecule has 3 aromatic rings. The molecule has 0 bridgehead atoms. The maximum Gasteiger partial charge on any atom is 0.112 e. The average Bonchev–Trinajstić information content (AvgIpc) is 2.52. The van der Waals surface area contributed by atoms with Crippen molar-refractivity contribution >= 4 is 28.2 Å². The van der Waals surface area contributed by atoms with Crippen LogP contribution in [-0.2, 0) is 6.42 Å². The van der Waals surface area contributed by atoms with Gasteiger partial charge < -0.3 is 0 Å². The van der Waals surface area contributed by atoms with Crippen LogP contribution in [-0.4, -0.2) is 21.4 Å². The van der Waals surface area contributed by atoms with E-state index in [0.29, 0.717) is 0 Å². The van der Waals surface area contributed by atoms with Crippen molar-refractivity contribution in [3.05, 3.63) is 69.9 Å². The molecule has 4 heteroatoms. The molecule has 0 saturated carbocycles. The molecule has 0 amide bonds. The third kappa shape index (κ3) is 2.69. The first-order valence-electron chi connectivity index (χ1n) is 8.04. The van der Waals surface area contributed by atoms with Crippen LogP contribution in [0, 0.1) is 6.92 Å². The molecule has 1 aliphatic heterocycles.